The molecule has 0 rings (SSSR count). The third-order valence-corrected chi connectivity index (χ3v) is 2.14. The Morgan fingerprint density at radius 3 is 2.23 bits per heavy atom. The summed E-state index contributed by atoms with van der Waals surface area (Å²) in [6.45, 7) is 0.623. The molecule has 0 saturated heterocycles. The summed E-state index contributed by atoms with van der Waals surface area (Å²) in [6.07, 6.45) is -1.69. The first-order chi connectivity index (χ1) is 5.43. The molecule has 2 unspecified atom stereocenters. The first-order valence-electron chi connectivity index (χ1n) is 3.28. The van der Waals surface area contributed by atoms with Crippen LogP contribution in [0.1, 0.15) is 6.92 Å². The molecular formula is C5H11NaO6S. The van der Waals surface area contributed by atoms with Gasteiger partial charge in [-0.15, -0.1) is 0 Å². The van der Waals surface area contributed by atoms with Crippen LogP contribution in [0, 0.1) is 0 Å². The average Bonchev–Trinajstić information content (AvgIpc) is 1.96. The minimum absolute atomic E-state index is 0. The Balaban J connectivity index is 0. The zero-order valence-corrected chi connectivity index (χ0v) is 10.3. The van der Waals surface area contributed by atoms with Gasteiger partial charge in [0.25, 0.3) is 0 Å². The number of aliphatic hydroxyl groups is 2. The van der Waals surface area contributed by atoms with Crippen molar-refractivity contribution in [2.24, 2.45) is 0 Å². The smallest absolute Gasteiger partial charge is 0.746 e. The second-order valence-electron chi connectivity index (χ2n) is 2.07. The summed E-state index contributed by atoms with van der Waals surface area (Å²) in [7, 11) is -4.72. The minimum Gasteiger partial charge on any atom is -0.746 e. The summed E-state index contributed by atoms with van der Waals surface area (Å²) in [5.41, 5.74) is -1.88. The summed E-state index contributed by atoms with van der Waals surface area (Å²) in [6, 6.07) is 0. The summed E-state index contributed by atoms with van der Waals surface area (Å²) < 4.78 is 35.6. The molecule has 2 atom stereocenters. The molecule has 0 aliphatic heterocycles. The van der Waals surface area contributed by atoms with Crippen LogP contribution in [0.25, 0.3) is 0 Å². The topological polar surface area (TPSA) is 107 Å². The third-order valence-electron chi connectivity index (χ3n) is 1.12. The number of hydrogen-bond acceptors (Lipinski definition) is 6. The first kappa shape index (κ1) is 16.2. The maximum Gasteiger partial charge on any atom is 1.00 e. The van der Waals surface area contributed by atoms with Crippen LogP contribution in [0.3, 0.4) is 0 Å². The molecule has 0 aromatic carbocycles. The Morgan fingerprint density at radius 1 is 1.54 bits per heavy atom. The predicted molar refractivity (Wildman–Crippen MR) is 38.2 cm³/mol. The molecular weight excluding hydrogens is 211 g/mol. The van der Waals surface area contributed by atoms with E-state index >= 15 is 0 Å². The van der Waals surface area contributed by atoms with E-state index in [9.17, 15) is 13.0 Å². The van der Waals surface area contributed by atoms with E-state index in [0.29, 0.717) is 0 Å². The van der Waals surface area contributed by atoms with E-state index in [0.717, 1.165) is 0 Å². The van der Waals surface area contributed by atoms with Gasteiger partial charge in [0.2, 0.25) is 0 Å². The molecule has 0 amide bonds. The van der Waals surface area contributed by atoms with Crippen molar-refractivity contribution in [3.63, 3.8) is 0 Å². The molecule has 0 radical (unpaired) electrons. The molecule has 0 aromatic rings. The van der Waals surface area contributed by atoms with Gasteiger partial charge in [0.15, 0.2) is 5.44 Å². The minimum atomic E-state index is -4.72. The van der Waals surface area contributed by atoms with Gasteiger partial charge in [0, 0.05) is 6.61 Å². The fourth-order valence-electron chi connectivity index (χ4n) is 0.637. The van der Waals surface area contributed by atoms with Crippen molar-refractivity contribution in [3.05, 3.63) is 0 Å². The van der Waals surface area contributed by atoms with E-state index in [1.165, 1.54) is 6.92 Å². The van der Waals surface area contributed by atoms with Crippen LogP contribution in [-0.4, -0.2) is 47.9 Å². The van der Waals surface area contributed by atoms with Gasteiger partial charge in [-0.05, 0) is 6.92 Å². The molecule has 0 heterocycles. The van der Waals surface area contributed by atoms with E-state index in [1.807, 2.05) is 0 Å². The second kappa shape index (κ2) is 7.13. The summed E-state index contributed by atoms with van der Waals surface area (Å²) in [4.78, 5) is 0. The quantitative estimate of drug-likeness (QED) is 0.357. The van der Waals surface area contributed by atoms with E-state index in [-0.39, 0.29) is 36.2 Å². The zero-order chi connectivity index (χ0) is 9.78. The standard InChI is InChI=1S/C5H12O6S.Na/c1-2-11-5(4(7)3-6)12(8,9)10;/h4-7H,2-3H2,1H3,(H,8,9,10);/q;+1/p-1. The average molecular weight is 222 g/mol. The number of ether oxygens (including phenoxy) is 1. The number of aliphatic hydroxyl groups excluding tert-OH is 2. The molecule has 0 aliphatic rings. The molecule has 13 heavy (non-hydrogen) atoms. The van der Waals surface area contributed by atoms with E-state index in [2.05, 4.69) is 4.74 Å². The van der Waals surface area contributed by atoms with Gasteiger partial charge in [-0.3, -0.25) is 0 Å². The summed E-state index contributed by atoms with van der Waals surface area (Å²) in [5, 5.41) is 17.2. The molecule has 0 fully saturated rings. The van der Waals surface area contributed by atoms with E-state index in [1.54, 1.807) is 0 Å². The Kier molecular flexibility index (Phi) is 8.90. The van der Waals surface area contributed by atoms with Crippen molar-refractivity contribution < 1.29 is 57.5 Å². The van der Waals surface area contributed by atoms with Crippen molar-refractivity contribution in [2.45, 2.75) is 18.5 Å². The Labute approximate surface area is 98.9 Å². The SMILES string of the molecule is CCOC(C(O)CO)S(=O)(=O)[O-].[Na+]. The molecule has 8 heteroatoms. The zero-order valence-electron chi connectivity index (χ0n) is 7.50. The van der Waals surface area contributed by atoms with Crippen LogP contribution in [-0.2, 0) is 14.9 Å². The predicted octanol–water partition coefficient (Wildman–Crippen LogP) is -4.75. The summed E-state index contributed by atoms with van der Waals surface area (Å²) >= 11 is 0. The van der Waals surface area contributed by atoms with Crippen molar-refractivity contribution in [3.8, 4) is 0 Å². The van der Waals surface area contributed by atoms with Gasteiger partial charge < -0.3 is 19.5 Å². The normalized spacial score (nSPS) is 16.0. The van der Waals surface area contributed by atoms with Crippen LogP contribution >= 0.6 is 0 Å². The van der Waals surface area contributed by atoms with Crippen LogP contribution in [0.5, 0.6) is 0 Å². The van der Waals surface area contributed by atoms with Gasteiger partial charge >= 0.3 is 29.6 Å². The molecule has 0 saturated carbocycles. The monoisotopic (exact) mass is 222 g/mol. The third kappa shape index (κ3) is 5.97. The molecule has 0 aliphatic carbocycles. The fourth-order valence-corrected chi connectivity index (χ4v) is 1.41. The maximum absolute atomic E-state index is 10.4. The first-order valence-corrected chi connectivity index (χ1v) is 4.75. The van der Waals surface area contributed by atoms with Gasteiger partial charge in [-0.25, -0.2) is 8.42 Å². The van der Waals surface area contributed by atoms with Crippen LogP contribution < -0.4 is 29.6 Å². The Bertz CT molecular complexity index is 215. The van der Waals surface area contributed by atoms with Crippen LogP contribution in [0.2, 0.25) is 0 Å². The van der Waals surface area contributed by atoms with Crippen molar-refractivity contribution >= 4 is 10.1 Å². The molecule has 0 aromatic heterocycles. The summed E-state index contributed by atoms with van der Waals surface area (Å²) in [5.74, 6) is 0. The molecule has 0 spiro atoms. The van der Waals surface area contributed by atoms with Gasteiger partial charge in [-0.1, -0.05) is 0 Å². The van der Waals surface area contributed by atoms with Crippen molar-refractivity contribution in [1.29, 1.82) is 0 Å². The van der Waals surface area contributed by atoms with Crippen molar-refractivity contribution in [2.75, 3.05) is 13.2 Å². The van der Waals surface area contributed by atoms with Crippen LogP contribution in [0.4, 0.5) is 0 Å². The molecule has 74 valence electrons. The largest absolute Gasteiger partial charge is 1.00 e. The van der Waals surface area contributed by atoms with E-state index in [4.69, 9.17) is 10.2 Å². The van der Waals surface area contributed by atoms with Gasteiger partial charge in [0.05, 0.1) is 6.61 Å². The number of hydrogen-bond donors (Lipinski definition) is 2. The Morgan fingerprint density at radius 2 is 2.00 bits per heavy atom. The van der Waals surface area contributed by atoms with Crippen molar-refractivity contribution in [1.82, 2.24) is 0 Å². The molecule has 2 N–H and O–H groups in total. The van der Waals surface area contributed by atoms with Gasteiger partial charge in [0.1, 0.15) is 16.2 Å². The van der Waals surface area contributed by atoms with Gasteiger partial charge in [-0.2, -0.15) is 0 Å². The second-order valence-corrected chi connectivity index (χ2v) is 3.52. The molecule has 0 bridgehead atoms. The fraction of sp³-hybridized carbons (Fsp3) is 1.00. The maximum atomic E-state index is 10.4. The molecule has 6 nitrogen and oxygen atoms in total. The van der Waals surface area contributed by atoms with E-state index < -0.39 is 28.3 Å². The Hall–Kier alpha value is 0.790. The number of rotatable bonds is 5. The van der Waals surface area contributed by atoms with Crippen LogP contribution in [0.15, 0.2) is 0 Å².